The molecule has 13 heavy (non-hydrogen) atoms. The smallest absolute Gasteiger partial charge is 0.206 e. The highest BCUT2D eigenvalue weighted by molar-refractivity contribution is 5.39. The van der Waals surface area contributed by atoms with Gasteiger partial charge in [0.05, 0.1) is 0 Å². The van der Waals surface area contributed by atoms with Gasteiger partial charge < -0.3 is 19.7 Å². The minimum absolute atomic E-state index is 0.451. The highest BCUT2D eigenvalue weighted by Gasteiger charge is 2.18. The molecule has 0 aromatic carbocycles. The molecule has 0 saturated carbocycles. The number of hydrogen-bond acceptors (Lipinski definition) is 5. The Morgan fingerprint density at radius 1 is 1.46 bits per heavy atom. The largest absolute Gasteiger partial charge is 0.394 e. The van der Waals surface area contributed by atoms with Crippen LogP contribution in [0.3, 0.4) is 0 Å². The van der Waals surface area contributed by atoms with Gasteiger partial charge in [0.2, 0.25) is 6.29 Å². The van der Waals surface area contributed by atoms with E-state index in [1.807, 2.05) is 13.8 Å². The molecular weight excluding hydrogens is 172 g/mol. The van der Waals surface area contributed by atoms with Gasteiger partial charge in [-0.1, -0.05) is 5.16 Å². The molecule has 0 aliphatic rings. The zero-order chi connectivity index (χ0) is 9.68. The van der Waals surface area contributed by atoms with Crippen LogP contribution in [0.2, 0.25) is 0 Å². The van der Waals surface area contributed by atoms with E-state index >= 15 is 0 Å². The number of nitrogen functional groups attached to an aromatic ring is 1. The van der Waals surface area contributed by atoms with Gasteiger partial charge in [-0.25, -0.2) is 0 Å². The molecule has 5 nitrogen and oxygen atoms in total. The van der Waals surface area contributed by atoms with Gasteiger partial charge in [-0.05, 0) is 13.8 Å². The summed E-state index contributed by atoms with van der Waals surface area (Å²) in [5.74, 6) is 0. The van der Waals surface area contributed by atoms with Crippen molar-refractivity contribution in [2.24, 2.45) is 0 Å². The second kappa shape index (κ2) is 4.84. The van der Waals surface area contributed by atoms with Crippen molar-refractivity contribution in [1.29, 1.82) is 0 Å². The molecule has 0 aliphatic carbocycles. The van der Waals surface area contributed by atoms with Gasteiger partial charge in [-0.15, -0.1) is 0 Å². The lowest BCUT2D eigenvalue weighted by molar-refractivity contribution is -0.143. The van der Waals surface area contributed by atoms with Gasteiger partial charge in [0, 0.05) is 13.2 Å². The molecule has 0 atom stereocenters. The van der Waals surface area contributed by atoms with Crippen LogP contribution in [0.15, 0.2) is 10.8 Å². The Kier molecular flexibility index (Phi) is 3.72. The van der Waals surface area contributed by atoms with Crippen molar-refractivity contribution in [3.05, 3.63) is 12.0 Å². The van der Waals surface area contributed by atoms with Crippen molar-refractivity contribution in [1.82, 2.24) is 5.16 Å². The van der Waals surface area contributed by atoms with E-state index in [4.69, 9.17) is 15.2 Å². The standard InChI is InChI=1S/C8H14N2O3/c1-3-11-8(12-4-2)7-6(9)5-13-10-7/h5,8H,3-4,9H2,1-2H3. The molecule has 0 amide bonds. The molecule has 0 spiro atoms. The molecule has 0 bridgehead atoms. The van der Waals surface area contributed by atoms with Crippen LogP contribution >= 0.6 is 0 Å². The maximum Gasteiger partial charge on any atom is 0.206 e. The number of ether oxygens (including phenoxy) is 2. The van der Waals surface area contributed by atoms with Gasteiger partial charge >= 0.3 is 0 Å². The molecule has 74 valence electrons. The van der Waals surface area contributed by atoms with E-state index < -0.39 is 6.29 Å². The first-order valence-electron chi connectivity index (χ1n) is 4.22. The first-order chi connectivity index (χ1) is 6.29. The van der Waals surface area contributed by atoms with Crippen LogP contribution in [0.5, 0.6) is 0 Å². The first kappa shape index (κ1) is 10.0. The topological polar surface area (TPSA) is 70.5 Å². The normalized spacial score (nSPS) is 11.0. The number of nitrogens with zero attached hydrogens (tertiary/aromatic N) is 1. The van der Waals surface area contributed by atoms with E-state index in [0.29, 0.717) is 24.6 Å². The summed E-state index contributed by atoms with van der Waals surface area (Å²) in [6.07, 6.45) is 0.842. The van der Waals surface area contributed by atoms with Gasteiger partial charge in [0.1, 0.15) is 12.0 Å². The van der Waals surface area contributed by atoms with E-state index in [0.717, 1.165) is 0 Å². The van der Waals surface area contributed by atoms with Crippen molar-refractivity contribution >= 4 is 5.69 Å². The van der Waals surface area contributed by atoms with Crippen LogP contribution in [-0.2, 0) is 9.47 Å². The van der Waals surface area contributed by atoms with Crippen molar-refractivity contribution in [3.8, 4) is 0 Å². The quantitative estimate of drug-likeness (QED) is 0.702. The van der Waals surface area contributed by atoms with Crippen molar-refractivity contribution in [2.45, 2.75) is 20.1 Å². The van der Waals surface area contributed by atoms with Crippen LogP contribution in [-0.4, -0.2) is 18.4 Å². The third-order valence-corrected chi connectivity index (χ3v) is 1.49. The first-order valence-corrected chi connectivity index (χ1v) is 4.22. The predicted octanol–water partition coefficient (Wildman–Crippen LogP) is 1.33. The second-order valence-corrected chi connectivity index (χ2v) is 2.40. The van der Waals surface area contributed by atoms with Crippen molar-refractivity contribution < 1.29 is 14.0 Å². The van der Waals surface area contributed by atoms with E-state index in [1.54, 1.807) is 0 Å². The maximum atomic E-state index is 5.59. The molecule has 1 heterocycles. The average Bonchev–Trinajstić information content (AvgIpc) is 2.51. The van der Waals surface area contributed by atoms with E-state index in [2.05, 4.69) is 9.68 Å². The Morgan fingerprint density at radius 3 is 2.46 bits per heavy atom. The summed E-state index contributed by atoms with van der Waals surface area (Å²) < 4.78 is 15.2. The van der Waals surface area contributed by atoms with Crippen LogP contribution in [0.1, 0.15) is 25.8 Å². The minimum Gasteiger partial charge on any atom is -0.394 e. The molecule has 0 unspecified atom stereocenters. The van der Waals surface area contributed by atoms with Crippen LogP contribution in [0.25, 0.3) is 0 Å². The van der Waals surface area contributed by atoms with Gasteiger partial charge in [-0.3, -0.25) is 0 Å². The van der Waals surface area contributed by atoms with E-state index in [9.17, 15) is 0 Å². The fraction of sp³-hybridized carbons (Fsp3) is 0.625. The molecule has 5 heteroatoms. The molecular formula is C8H14N2O3. The Bertz CT molecular complexity index is 243. The van der Waals surface area contributed by atoms with Crippen molar-refractivity contribution in [3.63, 3.8) is 0 Å². The monoisotopic (exact) mass is 186 g/mol. The summed E-state index contributed by atoms with van der Waals surface area (Å²) in [5.41, 5.74) is 6.54. The lowest BCUT2D eigenvalue weighted by Gasteiger charge is -2.14. The van der Waals surface area contributed by atoms with E-state index in [1.165, 1.54) is 6.26 Å². The molecule has 2 N–H and O–H groups in total. The average molecular weight is 186 g/mol. The van der Waals surface area contributed by atoms with Gasteiger partial charge in [0.25, 0.3) is 0 Å². The molecule has 1 aromatic heterocycles. The number of nitrogens with two attached hydrogens (primary N) is 1. The van der Waals surface area contributed by atoms with Crippen LogP contribution in [0, 0.1) is 0 Å². The molecule has 0 fully saturated rings. The number of aromatic nitrogens is 1. The maximum absolute atomic E-state index is 5.59. The van der Waals surface area contributed by atoms with Gasteiger partial charge in [-0.2, -0.15) is 0 Å². The lowest BCUT2D eigenvalue weighted by Crippen LogP contribution is -2.10. The Morgan fingerprint density at radius 2 is 2.08 bits per heavy atom. The third-order valence-electron chi connectivity index (χ3n) is 1.49. The van der Waals surface area contributed by atoms with Crippen LogP contribution in [0.4, 0.5) is 5.69 Å². The Balaban J connectivity index is 2.69. The second-order valence-electron chi connectivity index (χ2n) is 2.40. The fourth-order valence-electron chi connectivity index (χ4n) is 0.941. The fourth-order valence-corrected chi connectivity index (χ4v) is 0.941. The number of rotatable bonds is 5. The molecule has 0 aliphatic heterocycles. The number of hydrogen-bond donors (Lipinski definition) is 1. The van der Waals surface area contributed by atoms with Crippen molar-refractivity contribution in [2.75, 3.05) is 18.9 Å². The zero-order valence-electron chi connectivity index (χ0n) is 7.82. The summed E-state index contributed by atoms with van der Waals surface area (Å²) in [4.78, 5) is 0. The third kappa shape index (κ3) is 2.43. The Hall–Kier alpha value is -1.07. The minimum atomic E-state index is -0.520. The van der Waals surface area contributed by atoms with Gasteiger partial charge in [0.15, 0.2) is 5.69 Å². The summed E-state index contributed by atoms with van der Waals surface area (Å²) in [7, 11) is 0. The highest BCUT2D eigenvalue weighted by atomic mass is 16.7. The van der Waals surface area contributed by atoms with Crippen LogP contribution < -0.4 is 5.73 Å². The zero-order valence-corrected chi connectivity index (χ0v) is 7.82. The summed E-state index contributed by atoms with van der Waals surface area (Å²) in [6.45, 7) is 4.83. The number of anilines is 1. The SMILES string of the molecule is CCOC(OCC)c1nocc1N. The predicted molar refractivity (Wildman–Crippen MR) is 46.9 cm³/mol. The molecule has 0 saturated heterocycles. The highest BCUT2D eigenvalue weighted by Crippen LogP contribution is 2.22. The van der Waals surface area contributed by atoms with E-state index in [-0.39, 0.29) is 0 Å². The molecule has 0 radical (unpaired) electrons. The molecule has 1 rings (SSSR count). The Labute approximate surface area is 76.8 Å². The summed E-state index contributed by atoms with van der Waals surface area (Å²) >= 11 is 0. The summed E-state index contributed by atoms with van der Waals surface area (Å²) in [6, 6.07) is 0. The lowest BCUT2D eigenvalue weighted by atomic mass is 10.3. The summed E-state index contributed by atoms with van der Waals surface area (Å²) in [5, 5.41) is 3.70. The molecule has 1 aromatic rings.